The Labute approximate surface area is 156 Å². The van der Waals surface area contributed by atoms with Gasteiger partial charge in [0, 0.05) is 17.7 Å². The van der Waals surface area contributed by atoms with Crippen LogP contribution in [0.5, 0.6) is 0 Å². The van der Waals surface area contributed by atoms with Crippen LogP contribution >= 0.6 is 0 Å². The van der Waals surface area contributed by atoms with Crippen LogP contribution in [-0.4, -0.2) is 27.0 Å². The minimum atomic E-state index is -3.87. The van der Waals surface area contributed by atoms with Crippen molar-refractivity contribution in [3.63, 3.8) is 0 Å². The second-order valence-electron chi connectivity index (χ2n) is 6.51. The topological polar surface area (TPSA) is 109 Å². The molecule has 2 aromatic rings. The fourth-order valence-electron chi connectivity index (χ4n) is 3.35. The van der Waals surface area contributed by atoms with Gasteiger partial charge in [-0.25, -0.2) is 8.42 Å². The molecule has 27 heavy (non-hydrogen) atoms. The summed E-state index contributed by atoms with van der Waals surface area (Å²) in [6.45, 7) is 2.27. The molecule has 3 heterocycles. The Hall–Kier alpha value is -2.49. The van der Waals surface area contributed by atoms with E-state index < -0.39 is 21.5 Å². The Balaban J connectivity index is 1.76. The van der Waals surface area contributed by atoms with E-state index in [1.807, 2.05) is 6.92 Å². The number of amides is 1. The minimum Gasteiger partial charge on any atom is -0.619 e. The molecule has 1 spiro atoms. The van der Waals surface area contributed by atoms with Crippen molar-refractivity contribution in [3.05, 3.63) is 53.5 Å². The maximum Gasteiger partial charge on any atom is 0.289 e. The zero-order valence-electron chi connectivity index (χ0n) is 14.5. The Kier molecular flexibility index (Phi) is 4.17. The quantitative estimate of drug-likeness (QED) is 0.626. The molecule has 2 aliphatic heterocycles. The lowest BCUT2D eigenvalue weighted by Crippen LogP contribution is -2.36. The van der Waals surface area contributed by atoms with Crippen LogP contribution in [0.15, 0.2) is 52.5 Å². The lowest BCUT2D eigenvalue weighted by molar-refractivity contribution is -0.605. The Morgan fingerprint density at radius 2 is 2.00 bits per heavy atom. The Bertz CT molecular complexity index is 1010. The number of benzene rings is 1. The normalized spacial score (nSPS) is 24.2. The van der Waals surface area contributed by atoms with Gasteiger partial charge >= 0.3 is 0 Å². The lowest BCUT2D eigenvalue weighted by Gasteiger charge is -2.21. The zero-order valence-corrected chi connectivity index (χ0v) is 15.4. The van der Waals surface area contributed by atoms with Crippen molar-refractivity contribution in [2.45, 2.75) is 41.4 Å². The highest BCUT2D eigenvalue weighted by Crippen LogP contribution is 2.45. The molecule has 1 amide bonds. The molecule has 0 bridgehead atoms. The van der Waals surface area contributed by atoms with Gasteiger partial charge in [-0.2, -0.15) is 4.73 Å². The summed E-state index contributed by atoms with van der Waals surface area (Å²) in [5.74, 6) is -2.08. The SMILES string of the molecule is CCCC1CO[C@]2(O1)C(=O)Nc1ccc(S(=O)(=O)c3cc[n+]([O-])cc3)cc12. The van der Waals surface area contributed by atoms with E-state index in [9.17, 15) is 18.4 Å². The first-order chi connectivity index (χ1) is 12.9. The van der Waals surface area contributed by atoms with Crippen LogP contribution in [0.25, 0.3) is 0 Å². The van der Waals surface area contributed by atoms with Gasteiger partial charge in [0.2, 0.25) is 9.84 Å². The molecule has 2 atom stereocenters. The summed E-state index contributed by atoms with van der Waals surface area (Å²) in [7, 11) is -3.87. The number of aromatic nitrogens is 1. The number of pyridine rings is 1. The third kappa shape index (κ3) is 2.78. The van der Waals surface area contributed by atoms with Crippen molar-refractivity contribution >= 4 is 21.4 Å². The first-order valence-electron chi connectivity index (χ1n) is 8.58. The predicted octanol–water partition coefficient (Wildman–Crippen LogP) is 1.47. The molecule has 1 saturated heterocycles. The van der Waals surface area contributed by atoms with E-state index in [1.165, 1.54) is 30.3 Å². The average Bonchev–Trinajstić information content (AvgIpc) is 3.18. The molecule has 142 valence electrons. The number of rotatable bonds is 4. The summed E-state index contributed by atoms with van der Waals surface area (Å²) in [5.41, 5.74) is 0.809. The minimum absolute atomic E-state index is 0.00749. The Morgan fingerprint density at radius 1 is 1.26 bits per heavy atom. The maximum absolute atomic E-state index is 12.9. The van der Waals surface area contributed by atoms with Gasteiger partial charge in [0.05, 0.1) is 28.2 Å². The predicted molar refractivity (Wildman–Crippen MR) is 93.3 cm³/mol. The van der Waals surface area contributed by atoms with E-state index in [0.717, 1.165) is 25.2 Å². The van der Waals surface area contributed by atoms with Crippen molar-refractivity contribution in [1.82, 2.24) is 0 Å². The standard InChI is InChI=1S/C18H18N2O6S/c1-2-3-12-11-25-18(26-12)15-10-14(4-5-16(15)19-17(18)21)27(23,24)13-6-8-20(22)9-7-13/h4-10,12H,2-3,11H2,1H3,(H,19,21)/t12?,18-/m1/s1. The number of fused-ring (bicyclic) bond motifs is 2. The van der Waals surface area contributed by atoms with E-state index in [0.29, 0.717) is 16.0 Å². The molecule has 9 heteroatoms. The van der Waals surface area contributed by atoms with Crippen molar-refractivity contribution in [3.8, 4) is 0 Å². The molecule has 0 aliphatic carbocycles. The number of carbonyl (C=O) groups excluding carboxylic acids is 1. The molecule has 1 N–H and O–H groups in total. The average molecular weight is 390 g/mol. The van der Waals surface area contributed by atoms with E-state index in [4.69, 9.17) is 9.47 Å². The number of nitrogens with one attached hydrogen (secondary N) is 1. The molecule has 2 aliphatic rings. The number of carbonyl (C=O) groups is 1. The maximum atomic E-state index is 12.9. The number of nitrogens with zero attached hydrogens (tertiary/aromatic N) is 1. The van der Waals surface area contributed by atoms with Crippen LogP contribution in [0, 0.1) is 5.21 Å². The van der Waals surface area contributed by atoms with Crippen LogP contribution in [0.2, 0.25) is 0 Å². The molecule has 1 fully saturated rings. The van der Waals surface area contributed by atoms with E-state index in [-0.39, 0.29) is 22.5 Å². The molecule has 1 aromatic carbocycles. The first kappa shape index (κ1) is 17.9. The second kappa shape index (κ2) is 6.29. The molecule has 0 saturated carbocycles. The number of hydrogen-bond acceptors (Lipinski definition) is 6. The molecule has 1 unspecified atom stereocenters. The zero-order chi connectivity index (χ0) is 19.2. The number of anilines is 1. The summed E-state index contributed by atoms with van der Waals surface area (Å²) in [4.78, 5) is 12.5. The third-order valence-corrected chi connectivity index (χ3v) is 6.47. The van der Waals surface area contributed by atoms with Gasteiger partial charge in [0.15, 0.2) is 12.4 Å². The highest BCUT2D eigenvalue weighted by molar-refractivity contribution is 7.91. The molecule has 8 nitrogen and oxygen atoms in total. The van der Waals surface area contributed by atoms with Crippen LogP contribution in [0.1, 0.15) is 25.3 Å². The van der Waals surface area contributed by atoms with Crippen molar-refractivity contribution in [2.24, 2.45) is 0 Å². The third-order valence-electron chi connectivity index (χ3n) is 4.70. The fourth-order valence-corrected chi connectivity index (χ4v) is 4.62. The van der Waals surface area contributed by atoms with E-state index in [2.05, 4.69) is 5.32 Å². The molecular weight excluding hydrogens is 372 g/mol. The van der Waals surface area contributed by atoms with Crippen LogP contribution in [-0.2, 0) is 29.9 Å². The van der Waals surface area contributed by atoms with Crippen LogP contribution < -0.4 is 10.0 Å². The molecule has 0 radical (unpaired) electrons. The van der Waals surface area contributed by atoms with Gasteiger partial charge in [-0.3, -0.25) is 4.79 Å². The van der Waals surface area contributed by atoms with Crippen molar-refractivity contribution < 1.29 is 27.4 Å². The fraction of sp³-hybridized carbons (Fsp3) is 0.333. The summed E-state index contributed by atoms with van der Waals surface area (Å²) in [6, 6.07) is 6.79. The highest BCUT2D eigenvalue weighted by Gasteiger charge is 2.55. The lowest BCUT2D eigenvalue weighted by atomic mass is 10.1. The van der Waals surface area contributed by atoms with Gasteiger partial charge in [0.25, 0.3) is 11.7 Å². The summed E-state index contributed by atoms with van der Waals surface area (Å²) in [6.07, 6.45) is 3.62. The Morgan fingerprint density at radius 3 is 2.70 bits per heavy atom. The second-order valence-corrected chi connectivity index (χ2v) is 8.46. The van der Waals surface area contributed by atoms with E-state index in [1.54, 1.807) is 0 Å². The number of hydrogen-bond donors (Lipinski definition) is 1. The summed E-state index contributed by atoms with van der Waals surface area (Å²) < 4.78 is 37.9. The number of ether oxygens (including phenoxy) is 2. The van der Waals surface area contributed by atoms with Crippen LogP contribution in [0.4, 0.5) is 5.69 Å². The monoisotopic (exact) mass is 390 g/mol. The molecular formula is C18H18N2O6S. The van der Waals surface area contributed by atoms with Gasteiger partial charge in [-0.15, -0.1) is 0 Å². The van der Waals surface area contributed by atoms with Crippen LogP contribution in [0.3, 0.4) is 0 Å². The first-order valence-corrected chi connectivity index (χ1v) is 10.1. The van der Waals surface area contributed by atoms with Gasteiger partial charge in [-0.1, -0.05) is 13.3 Å². The molecule has 4 rings (SSSR count). The number of sulfone groups is 1. The van der Waals surface area contributed by atoms with Gasteiger partial charge in [0.1, 0.15) is 0 Å². The smallest absolute Gasteiger partial charge is 0.289 e. The highest BCUT2D eigenvalue weighted by atomic mass is 32.2. The summed E-state index contributed by atoms with van der Waals surface area (Å²) >= 11 is 0. The molecule has 1 aromatic heterocycles. The van der Waals surface area contributed by atoms with E-state index >= 15 is 0 Å². The largest absolute Gasteiger partial charge is 0.619 e. The van der Waals surface area contributed by atoms with Crippen molar-refractivity contribution in [1.29, 1.82) is 0 Å². The summed E-state index contributed by atoms with van der Waals surface area (Å²) in [5, 5.41) is 13.9. The van der Waals surface area contributed by atoms with Crippen molar-refractivity contribution in [2.75, 3.05) is 11.9 Å². The van der Waals surface area contributed by atoms with Gasteiger partial charge in [-0.05, 0) is 24.6 Å². The van der Waals surface area contributed by atoms with Gasteiger partial charge < -0.3 is 20.0 Å².